The van der Waals surface area contributed by atoms with Gasteiger partial charge in [-0.15, -0.1) is 0 Å². The third-order valence-electron chi connectivity index (χ3n) is 5.79. The first-order valence-electron chi connectivity index (χ1n) is 11.8. The molecular formula is C23H36N4O6S. The molecule has 2 amide bonds. The first kappa shape index (κ1) is 27.7. The lowest BCUT2D eigenvalue weighted by Crippen LogP contribution is -2.48. The first-order chi connectivity index (χ1) is 16.2. The van der Waals surface area contributed by atoms with Crippen molar-refractivity contribution in [1.82, 2.24) is 20.7 Å². The van der Waals surface area contributed by atoms with Crippen LogP contribution in [0.15, 0.2) is 29.2 Å². The van der Waals surface area contributed by atoms with Crippen LogP contribution < -0.4 is 20.7 Å². The van der Waals surface area contributed by atoms with Crippen molar-refractivity contribution in [1.29, 1.82) is 0 Å². The molecule has 1 aromatic rings. The van der Waals surface area contributed by atoms with Gasteiger partial charge in [-0.3, -0.25) is 14.4 Å². The molecule has 1 saturated heterocycles. The third-order valence-corrected chi connectivity index (χ3v) is 7.37. The average Bonchev–Trinajstić information content (AvgIpc) is 2.81. The van der Waals surface area contributed by atoms with Crippen LogP contribution in [-0.2, 0) is 30.8 Å². The molecule has 2 rings (SSSR count). The molecule has 1 heterocycles. The fourth-order valence-corrected chi connectivity index (χ4v) is 5.34. The Kier molecular flexibility index (Phi) is 11.4. The van der Waals surface area contributed by atoms with Gasteiger partial charge in [-0.25, -0.2) is 8.42 Å². The second-order valence-corrected chi connectivity index (χ2v) is 10.2. The molecule has 1 atom stereocenters. The maximum atomic E-state index is 12.8. The zero-order chi connectivity index (χ0) is 25.0. The number of carboxylic acids is 1. The van der Waals surface area contributed by atoms with Crippen molar-refractivity contribution >= 4 is 27.8 Å². The van der Waals surface area contributed by atoms with Gasteiger partial charge in [0, 0.05) is 25.9 Å². The summed E-state index contributed by atoms with van der Waals surface area (Å²) in [5.74, 6) is -1.45. The highest BCUT2D eigenvalue weighted by atomic mass is 32.2. The standard InChI is InChI=1S/C23H36N4O6S/c1-2-5-18-6-3-4-7-20(18)34(32,33)27-19(23(30)31)16-26-22(29)12-15-25-21(28)9-8-17-10-13-24-14-11-17/h3-4,6-7,17,19,24,27H,2,5,8-16H2,1H3,(H,25,28)(H,26,29)(H,30,31)/t19-/m0/s1. The molecule has 0 saturated carbocycles. The number of hydrogen-bond donors (Lipinski definition) is 5. The zero-order valence-corrected chi connectivity index (χ0v) is 20.5. The highest BCUT2D eigenvalue weighted by molar-refractivity contribution is 7.89. The molecule has 11 heteroatoms. The van der Waals surface area contributed by atoms with Crippen LogP contribution in [0.1, 0.15) is 51.0 Å². The van der Waals surface area contributed by atoms with Gasteiger partial charge >= 0.3 is 5.97 Å². The van der Waals surface area contributed by atoms with E-state index in [0.29, 0.717) is 24.3 Å². The summed E-state index contributed by atoms with van der Waals surface area (Å²) >= 11 is 0. The quantitative estimate of drug-likeness (QED) is 0.255. The van der Waals surface area contributed by atoms with E-state index in [1.54, 1.807) is 18.2 Å². The number of sulfonamides is 1. The lowest BCUT2D eigenvalue weighted by atomic mass is 9.93. The number of nitrogens with one attached hydrogen (secondary N) is 4. The second-order valence-electron chi connectivity index (χ2n) is 8.51. The Hall–Kier alpha value is -2.50. The van der Waals surface area contributed by atoms with Gasteiger partial charge in [0.2, 0.25) is 21.8 Å². The lowest BCUT2D eigenvalue weighted by Gasteiger charge is -2.22. The van der Waals surface area contributed by atoms with E-state index in [1.807, 2.05) is 6.92 Å². The van der Waals surface area contributed by atoms with Gasteiger partial charge in [0.15, 0.2) is 0 Å². The van der Waals surface area contributed by atoms with E-state index in [1.165, 1.54) is 6.07 Å². The predicted octanol–water partition coefficient (Wildman–Crippen LogP) is 0.773. The maximum absolute atomic E-state index is 12.8. The molecule has 0 bridgehead atoms. The van der Waals surface area contributed by atoms with E-state index in [-0.39, 0.29) is 23.8 Å². The van der Waals surface area contributed by atoms with Crippen LogP contribution in [0.25, 0.3) is 0 Å². The Morgan fingerprint density at radius 1 is 1.09 bits per heavy atom. The van der Waals surface area contributed by atoms with Crippen molar-refractivity contribution < 1.29 is 27.9 Å². The number of benzene rings is 1. The van der Waals surface area contributed by atoms with E-state index in [2.05, 4.69) is 20.7 Å². The molecule has 1 aliphatic rings. The molecule has 0 spiro atoms. The highest BCUT2D eigenvalue weighted by Crippen LogP contribution is 2.18. The minimum atomic E-state index is -4.09. The van der Waals surface area contributed by atoms with E-state index in [0.717, 1.165) is 38.8 Å². The minimum Gasteiger partial charge on any atom is -0.480 e. The normalized spacial score (nSPS) is 15.4. The van der Waals surface area contributed by atoms with Gasteiger partial charge in [0.05, 0.1) is 4.90 Å². The number of carbonyl (C=O) groups excluding carboxylic acids is 2. The minimum absolute atomic E-state index is 0.0293. The smallest absolute Gasteiger partial charge is 0.323 e. The second kappa shape index (κ2) is 14.0. The Labute approximate surface area is 201 Å². The molecule has 190 valence electrons. The van der Waals surface area contributed by atoms with Crippen LogP contribution in [0.2, 0.25) is 0 Å². The topological polar surface area (TPSA) is 154 Å². The van der Waals surface area contributed by atoms with Crippen LogP contribution in [0.4, 0.5) is 0 Å². The Bertz CT molecular complexity index is 931. The summed E-state index contributed by atoms with van der Waals surface area (Å²) in [5, 5.41) is 17.9. The summed E-state index contributed by atoms with van der Waals surface area (Å²) in [6, 6.07) is 4.90. The molecule has 34 heavy (non-hydrogen) atoms. The third kappa shape index (κ3) is 9.40. The van der Waals surface area contributed by atoms with Crippen LogP contribution in [0.5, 0.6) is 0 Å². The first-order valence-corrected chi connectivity index (χ1v) is 13.3. The molecule has 0 unspecified atom stereocenters. The summed E-state index contributed by atoms with van der Waals surface area (Å²) in [7, 11) is -4.09. The fourth-order valence-electron chi connectivity index (χ4n) is 3.89. The molecule has 0 aromatic heterocycles. The fraction of sp³-hybridized carbons (Fsp3) is 0.609. The molecule has 1 fully saturated rings. The van der Waals surface area contributed by atoms with Crippen LogP contribution >= 0.6 is 0 Å². The van der Waals surface area contributed by atoms with Crippen LogP contribution in [0, 0.1) is 5.92 Å². The molecule has 1 aliphatic heterocycles. The summed E-state index contributed by atoms with van der Waals surface area (Å²) in [5.41, 5.74) is 0.599. The van der Waals surface area contributed by atoms with Gasteiger partial charge in [-0.05, 0) is 56.3 Å². The van der Waals surface area contributed by atoms with Gasteiger partial charge in [0.25, 0.3) is 0 Å². The van der Waals surface area contributed by atoms with E-state index in [9.17, 15) is 27.9 Å². The van der Waals surface area contributed by atoms with E-state index >= 15 is 0 Å². The van der Waals surface area contributed by atoms with Crippen LogP contribution in [0.3, 0.4) is 0 Å². The number of rotatable bonds is 14. The van der Waals surface area contributed by atoms with Crippen molar-refractivity contribution in [3.8, 4) is 0 Å². The molecule has 1 aromatic carbocycles. The average molecular weight is 497 g/mol. The van der Waals surface area contributed by atoms with Crippen molar-refractivity contribution in [3.05, 3.63) is 29.8 Å². The van der Waals surface area contributed by atoms with Gasteiger partial charge < -0.3 is 21.1 Å². The SMILES string of the molecule is CCCc1ccccc1S(=O)(=O)N[C@@H](CNC(=O)CCNC(=O)CCC1CCNCC1)C(=O)O. The number of aryl methyl sites for hydroxylation is 1. The lowest BCUT2D eigenvalue weighted by molar-refractivity contribution is -0.138. The zero-order valence-electron chi connectivity index (χ0n) is 19.6. The summed E-state index contributed by atoms with van der Waals surface area (Å²) < 4.78 is 27.7. The van der Waals surface area contributed by atoms with Gasteiger partial charge in [-0.1, -0.05) is 31.5 Å². The van der Waals surface area contributed by atoms with Crippen molar-refractivity contribution in [3.63, 3.8) is 0 Å². The van der Waals surface area contributed by atoms with Gasteiger partial charge in [0.1, 0.15) is 6.04 Å². The Balaban J connectivity index is 1.77. The summed E-state index contributed by atoms with van der Waals surface area (Å²) in [6.45, 7) is 3.59. The van der Waals surface area contributed by atoms with E-state index < -0.39 is 34.5 Å². The number of carbonyl (C=O) groups is 3. The number of aliphatic carboxylic acids is 1. The molecule has 10 nitrogen and oxygen atoms in total. The van der Waals surface area contributed by atoms with Crippen molar-refractivity contribution in [2.45, 2.75) is 62.8 Å². The molecule has 0 aliphatic carbocycles. The number of hydrogen-bond acceptors (Lipinski definition) is 6. The van der Waals surface area contributed by atoms with Crippen LogP contribution in [-0.4, -0.2) is 63.5 Å². The molecule has 5 N–H and O–H groups in total. The summed E-state index contributed by atoms with van der Waals surface area (Å²) in [6.07, 6.45) is 4.60. The maximum Gasteiger partial charge on any atom is 0.323 e. The molecular weight excluding hydrogens is 460 g/mol. The van der Waals surface area contributed by atoms with Crippen molar-refractivity contribution in [2.24, 2.45) is 5.92 Å². The molecule has 0 radical (unpaired) electrons. The number of amides is 2. The monoisotopic (exact) mass is 496 g/mol. The largest absolute Gasteiger partial charge is 0.480 e. The number of piperidine rings is 1. The predicted molar refractivity (Wildman–Crippen MR) is 128 cm³/mol. The number of carboxylic acid groups (broad SMARTS) is 1. The van der Waals surface area contributed by atoms with Gasteiger partial charge in [-0.2, -0.15) is 4.72 Å². The Morgan fingerprint density at radius 2 is 1.76 bits per heavy atom. The van der Waals surface area contributed by atoms with Crippen molar-refractivity contribution in [2.75, 3.05) is 26.2 Å². The van der Waals surface area contributed by atoms with E-state index in [4.69, 9.17) is 0 Å². The highest BCUT2D eigenvalue weighted by Gasteiger charge is 2.27. The summed E-state index contributed by atoms with van der Waals surface area (Å²) in [4.78, 5) is 35.7. The Morgan fingerprint density at radius 3 is 2.44 bits per heavy atom.